The predicted molar refractivity (Wildman–Crippen MR) is 94.6 cm³/mol. The second-order valence-electron chi connectivity index (χ2n) is 6.03. The Morgan fingerprint density at radius 2 is 1.46 bits per heavy atom. The van der Waals surface area contributed by atoms with Crippen LogP contribution in [0.5, 0.6) is 0 Å². The summed E-state index contributed by atoms with van der Waals surface area (Å²) in [5.41, 5.74) is -0.521. The maximum atomic E-state index is 13.0. The number of rotatable bonds is 5. The molecule has 1 unspecified atom stereocenters. The number of fused-ring (bicyclic) bond motifs is 1. The van der Waals surface area contributed by atoms with Gasteiger partial charge >= 0.3 is 0 Å². The van der Waals surface area contributed by atoms with Crippen LogP contribution in [0.1, 0.15) is 38.7 Å². The molecule has 2 amide bonds. The third-order valence-corrected chi connectivity index (χ3v) is 4.53. The molecule has 1 aliphatic rings. The fourth-order valence-electron chi connectivity index (χ4n) is 3.31. The van der Waals surface area contributed by atoms with E-state index in [2.05, 4.69) is 6.58 Å². The van der Waals surface area contributed by atoms with Crippen molar-refractivity contribution in [2.75, 3.05) is 0 Å². The van der Waals surface area contributed by atoms with E-state index in [4.69, 9.17) is 0 Å². The normalized spacial score (nSPS) is 14.3. The maximum Gasteiger partial charge on any atom is 0.262 e. The van der Waals surface area contributed by atoms with E-state index in [1.807, 2.05) is 12.1 Å². The van der Waals surface area contributed by atoms with Crippen LogP contribution >= 0.6 is 0 Å². The number of carbonyl (C=O) groups excluding carboxylic acids is 2. The van der Waals surface area contributed by atoms with Gasteiger partial charge in [-0.15, -0.1) is 6.58 Å². The van der Waals surface area contributed by atoms with E-state index >= 15 is 0 Å². The van der Waals surface area contributed by atoms with Crippen LogP contribution in [0.25, 0.3) is 0 Å². The largest absolute Gasteiger partial charge is 0.269 e. The van der Waals surface area contributed by atoms with Crippen molar-refractivity contribution in [2.45, 2.75) is 12.5 Å². The summed E-state index contributed by atoms with van der Waals surface area (Å²) in [6.45, 7) is 3.63. The second kappa shape index (κ2) is 6.66. The number of allylic oxidation sites excluding steroid dienone is 1. The minimum atomic E-state index is -1.63. The first kappa shape index (κ1) is 17.1. The summed E-state index contributed by atoms with van der Waals surface area (Å²) in [6.07, 6.45) is 1.48. The Balaban J connectivity index is 2.23. The van der Waals surface area contributed by atoms with Crippen molar-refractivity contribution in [3.8, 4) is 12.1 Å². The molecule has 3 rings (SSSR count). The lowest BCUT2D eigenvalue weighted by Gasteiger charge is -2.34. The maximum absolute atomic E-state index is 13.0. The number of hydrogen-bond acceptors (Lipinski definition) is 4. The van der Waals surface area contributed by atoms with Gasteiger partial charge in [0.15, 0.2) is 5.41 Å². The number of amides is 2. The van der Waals surface area contributed by atoms with Crippen LogP contribution in [-0.2, 0) is 0 Å². The summed E-state index contributed by atoms with van der Waals surface area (Å²) >= 11 is 0. The van der Waals surface area contributed by atoms with Gasteiger partial charge in [0.25, 0.3) is 11.8 Å². The fourth-order valence-corrected chi connectivity index (χ4v) is 3.31. The molecule has 0 saturated heterocycles. The van der Waals surface area contributed by atoms with Crippen molar-refractivity contribution in [1.82, 2.24) is 4.90 Å². The second-order valence-corrected chi connectivity index (χ2v) is 6.03. The summed E-state index contributed by atoms with van der Waals surface area (Å²) < 4.78 is 0. The van der Waals surface area contributed by atoms with Gasteiger partial charge in [0, 0.05) is 0 Å². The van der Waals surface area contributed by atoms with E-state index in [1.54, 1.807) is 54.6 Å². The summed E-state index contributed by atoms with van der Waals surface area (Å²) in [6, 6.07) is 18.2. The molecule has 126 valence electrons. The van der Waals surface area contributed by atoms with Crippen LogP contribution in [0.2, 0.25) is 0 Å². The molecule has 0 bridgehead atoms. The molecule has 0 saturated carbocycles. The van der Waals surface area contributed by atoms with Crippen LogP contribution in [0.15, 0.2) is 67.3 Å². The molecular weight excluding hydrogens is 326 g/mol. The molecule has 0 radical (unpaired) electrons. The Morgan fingerprint density at radius 1 is 0.962 bits per heavy atom. The van der Waals surface area contributed by atoms with Gasteiger partial charge in [0.1, 0.15) is 0 Å². The smallest absolute Gasteiger partial charge is 0.262 e. The molecular formula is C21H15N3O2. The minimum absolute atomic E-state index is 0.0208. The Labute approximate surface area is 151 Å². The highest BCUT2D eigenvalue weighted by Crippen LogP contribution is 2.44. The number of nitriles is 2. The first-order valence-corrected chi connectivity index (χ1v) is 8.05. The van der Waals surface area contributed by atoms with Crippen molar-refractivity contribution in [3.05, 3.63) is 83.9 Å². The number of carbonyl (C=O) groups is 2. The van der Waals surface area contributed by atoms with Gasteiger partial charge in [-0.1, -0.05) is 48.5 Å². The SMILES string of the molecule is C=CCC(C#N)(C#N)C(c1ccccc1)N1C(=O)c2ccccc2C1=O. The van der Waals surface area contributed by atoms with Crippen LogP contribution in [-0.4, -0.2) is 16.7 Å². The van der Waals surface area contributed by atoms with Crippen molar-refractivity contribution in [3.63, 3.8) is 0 Å². The summed E-state index contributed by atoms with van der Waals surface area (Å²) in [7, 11) is 0. The average Bonchev–Trinajstić information content (AvgIpc) is 2.94. The molecule has 26 heavy (non-hydrogen) atoms. The lowest BCUT2D eigenvalue weighted by molar-refractivity contribution is 0.0508. The highest BCUT2D eigenvalue weighted by atomic mass is 16.2. The van der Waals surface area contributed by atoms with Gasteiger partial charge in [-0.2, -0.15) is 10.5 Å². The number of nitrogens with zero attached hydrogens (tertiary/aromatic N) is 3. The van der Waals surface area contributed by atoms with Crippen molar-refractivity contribution in [1.29, 1.82) is 10.5 Å². The monoisotopic (exact) mass is 341 g/mol. The summed E-state index contributed by atoms with van der Waals surface area (Å²) in [5.74, 6) is -1.00. The fraction of sp³-hybridized carbons (Fsp3) is 0.143. The highest BCUT2D eigenvalue weighted by Gasteiger charge is 2.50. The minimum Gasteiger partial charge on any atom is -0.269 e. The Hall–Kier alpha value is -3.70. The van der Waals surface area contributed by atoms with Crippen LogP contribution in [0.4, 0.5) is 0 Å². The zero-order chi connectivity index (χ0) is 18.7. The van der Waals surface area contributed by atoms with E-state index in [1.165, 1.54) is 6.08 Å². The van der Waals surface area contributed by atoms with Gasteiger partial charge in [0.2, 0.25) is 0 Å². The van der Waals surface area contributed by atoms with Gasteiger partial charge < -0.3 is 0 Å². The third kappa shape index (κ3) is 2.47. The summed E-state index contributed by atoms with van der Waals surface area (Å²) in [5, 5.41) is 19.6. The lowest BCUT2D eigenvalue weighted by atomic mass is 9.75. The summed E-state index contributed by atoms with van der Waals surface area (Å²) in [4.78, 5) is 27.0. The number of hydrogen-bond donors (Lipinski definition) is 0. The molecule has 2 aromatic rings. The van der Waals surface area contributed by atoms with Crippen LogP contribution in [0, 0.1) is 28.1 Å². The molecule has 0 aliphatic carbocycles. The molecule has 1 heterocycles. The molecule has 0 aromatic heterocycles. The Kier molecular flexibility index (Phi) is 4.39. The zero-order valence-corrected chi connectivity index (χ0v) is 13.9. The highest BCUT2D eigenvalue weighted by molar-refractivity contribution is 6.21. The van der Waals surface area contributed by atoms with Crippen molar-refractivity contribution < 1.29 is 9.59 Å². The topological polar surface area (TPSA) is 85.0 Å². The predicted octanol–water partition coefficient (Wildman–Crippen LogP) is 3.63. The molecule has 5 heteroatoms. The Bertz CT molecular complexity index is 918. The van der Waals surface area contributed by atoms with Crippen molar-refractivity contribution in [2.24, 2.45) is 5.41 Å². The lowest BCUT2D eigenvalue weighted by Crippen LogP contribution is -2.43. The van der Waals surface area contributed by atoms with E-state index in [0.29, 0.717) is 5.56 Å². The van der Waals surface area contributed by atoms with Gasteiger partial charge in [-0.3, -0.25) is 14.5 Å². The zero-order valence-electron chi connectivity index (χ0n) is 13.9. The van der Waals surface area contributed by atoms with E-state index in [9.17, 15) is 20.1 Å². The molecule has 0 fully saturated rings. The van der Waals surface area contributed by atoms with E-state index < -0.39 is 23.3 Å². The first-order chi connectivity index (χ1) is 12.6. The van der Waals surface area contributed by atoms with E-state index in [0.717, 1.165) is 4.90 Å². The third-order valence-electron chi connectivity index (χ3n) is 4.53. The molecule has 1 atom stereocenters. The van der Waals surface area contributed by atoms with Crippen LogP contribution < -0.4 is 0 Å². The number of benzene rings is 2. The molecule has 0 spiro atoms. The van der Waals surface area contributed by atoms with Crippen molar-refractivity contribution >= 4 is 11.8 Å². The standard InChI is InChI=1S/C21H15N3O2/c1-2-12-21(13-22,14-23)18(15-8-4-3-5-9-15)24-19(25)16-10-6-7-11-17(16)20(24)26/h2-11,18H,1,12H2. The van der Waals surface area contributed by atoms with Crippen LogP contribution in [0.3, 0.4) is 0 Å². The molecule has 2 aromatic carbocycles. The molecule has 1 aliphatic heterocycles. The van der Waals surface area contributed by atoms with Gasteiger partial charge in [0.05, 0.1) is 29.3 Å². The quantitative estimate of drug-likeness (QED) is 0.614. The van der Waals surface area contributed by atoms with Gasteiger partial charge in [-0.05, 0) is 24.1 Å². The first-order valence-electron chi connectivity index (χ1n) is 8.05. The Morgan fingerprint density at radius 3 is 1.92 bits per heavy atom. The molecule has 5 nitrogen and oxygen atoms in total. The van der Waals surface area contributed by atoms with E-state index in [-0.39, 0.29) is 17.5 Å². The number of imide groups is 1. The average molecular weight is 341 g/mol. The van der Waals surface area contributed by atoms with Gasteiger partial charge in [-0.25, -0.2) is 0 Å². The molecule has 0 N–H and O–H groups in total.